The Kier molecular flexibility index (Phi) is 14.0. The molecule has 0 aliphatic carbocycles. The molecule has 2 fully saturated rings. The molecule has 0 saturated carbocycles. The fourth-order valence-corrected chi connectivity index (χ4v) is 7.64. The van der Waals surface area contributed by atoms with Crippen LogP contribution in [0.2, 0.25) is 0 Å². The molecule has 2 amide bonds. The minimum Gasteiger partial charge on any atom is -0.355 e. The van der Waals surface area contributed by atoms with Crippen LogP contribution in [0, 0.1) is 11.8 Å². The van der Waals surface area contributed by atoms with Crippen LogP contribution < -0.4 is 30.7 Å². The molecule has 2 aromatic carbocycles. The molecule has 2 atom stereocenters. The lowest BCUT2D eigenvalue weighted by atomic mass is 9.95. The van der Waals surface area contributed by atoms with Gasteiger partial charge in [0.15, 0.2) is 0 Å². The summed E-state index contributed by atoms with van der Waals surface area (Å²) in [5.74, 6) is -10.5. The van der Waals surface area contributed by atoms with Crippen LogP contribution in [0.25, 0.3) is 0 Å². The Balaban J connectivity index is 0.000000241. The summed E-state index contributed by atoms with van der Waals surface area (Å²) in [4.78, 5) is 35.2. The van der Waals surface area contributed by atoms with Crippen LogP contribution in [0.15, 0.2) is 82.8 Å². The molecule has 14 nitrogen and oxygen atoms in total. The van der Waals surface area contributed by atoms with Crippen LogP contribution in [0.4, 0.5) is 66.9 Å². The first-order valence-corrected chi connectivity index (χ1v) is 21.7. The number of primary sulfonamides is 2. The van der Waals surface area contributed by atoms with E-state index in [-0.39, 0.29) is 59.0 Å². The number of sulfonamides is 2. The minimum absolute atomic E-state index is 0.0385. The van der Waals surface area contributed by atoms with Crippen molar-refractivity contribution in [3.8, 4) is 0 Å². The highest BCUT2D eigenvalue weighted by Gasteiger charge is 2.44. The average molecular weight is 957 g/mol. The number of alkyl halides is 10. The van der Waals surface area contributed by atoms with Crippen molar-refractivity contribution in [2.75, 3.05) is 46.6 Å². The largest absolute Gasteiger partial charge is 0.417 e. The molecular weight excluding hydrogens is 919 g/mol. The van der Waals surface area contributed by atoms with Gasteiger partial charge in [-0.15, -0.1) is 0 Å². The molecule has 2 aliphatic rings. The van der Waals surface area contributed by atoms with Crippen LogP contribution >= 0.6 is 0 Å². The predicted octanol–water partition coefficient (Wildman–Crippen LogP) is 6.96. The predicted molar refractivity (Wildman–Crippen MR) is 212 cm³/mol. The maximum Gasteiger partial charge on any atom is 0.417 e. The zero-order chi connectivity index (χ0) is 47.8. The van der Waals surface area contributed by atoms with Crippen molar-refractivity contribution in [1.82, 2.24) is 9.97 Å². The van der Waals surface area contributed by atoms with Crippen molar-refractivity contribution in [2.24, 2.45) is 22.1 Å². The lowest BCUT2D eigenvalue weighted by molar-refractivity contribution is -0.138. The first-order chi connectivity index (χ1) is 29.4. The number of pyridine rings is 2. The third-order valence-electron chi connectivity index (χ3n) is 10.2. The van der Waals surface area contributed by atoms with Gasteiger partial charge in [0.25, 0.3) is 23.7 Å². The summed E-state index contributed by atoms with van der Waals surface area (Å²) in [6.45, 7) is 1.75. The number of carbonyl (C=O) groups is 2. The van der Waals surface area contributed by atoms with Crippen molar-refractivity contribution in [2.45, 2.75) is 60.7 Å². The molecule has 348 valence electrons. The molecule has 26 heteroatoms. The second-order valence-electron chi connectivity index (χ2n) is 15.0. The van der Waals surface area contributed by atoms with Gasteiger partial charge in [0.2, 0.25) is 20.0 Å². The lowest BCUT2D eigenvalue weighted by Gasteiger charge is -2.38. The number of aromatic nitrogens is 2. The number of nitrogens with two attached hydrogens (primary N) is 2. The maximum absolute atomic E-state index is 13.9. The van der Waals surface area contributed by atoms with Gasteiger partial charge in [-0.1, -0.05) is 26.0 Å². The zero-order valence-corrected chi connectivity index (χ0v) is 34.9. The van der Waals surface area contributed by atoms with E-state index in [0.717, 1.165) is 12.1 Å². The van der Waals surface area contributed by atoms with E-state index in [9.17, 15) is 70.3 Å². The smallest absolute Gasteiger partial charge is 0.355 e. The van der Waals surface area contributed by atoms with E-state index in [1.165, 1.54) is 60.0 Å². The third-order valence-corrected chi connectivity index (χ3v) is 12.0. The lowest BCUT2D eigenvalue weighted by Crippen LogP contribution is -2.46. The first kappa shape index (κ1) is 49.4. The normalized spacial score (nSPS) is 19.0. The molecule has 4 heterocycles. The fourth-order valence-electron chi connectivity index (χ4n) is 6.52. The van der Waals surface area contributed by atoms with E-state index in [1.54, 1.807) is 0 Å². The van der Waals surface area contributed by atoms with Gasteiger partial charge in [-0.25, -0.2) is 54.6 Å². The van der Waals surface area contributed by atoms with Gasteiger partial charge in [-0.2, -0.15) is 26.3 Å². The molecule has 2 aromatic heterocycles. The Morgan fingerprint density at radius 2 is 0.984 bits per heavy atom. The van der Waals surface area contributed by atoms with Crippen molar-refractivity contribution in [3.63, 3.8) is 0 Å². The van der Waals surface area contributed by atoms with Crippen molar-refractivity contribution < 1.29 is 70.3 Å². The minimum atomic E-state index is -4.80. The zero-order valence-electron chi connectivity index (χ0n) is 33.3. The maximum atomic E-state index is 13.9. The summed E-state index contributed by atoms with van der Waals surface area (Å²) < 4.78 is 181. The molecule has 2 aliphatic heterocycles. The van der Waals surface area contributed by atoms with Crippen LogP contribution in [0.3, 0.4) is 0 Å². The molecule has 64 heavy (non-hydrogen) atoms. The van der Waals surface area contributed by atoms with Crippen LogP contribution in [0.1, 0.15) is 58.5 Å². The summed E-state index contributed by atoms with van der Waals surface area (Å²) in [6, 6.07) is 10.8. The molecular formula is C38H38F10N8O6S2. The van der Waals surface area contributed by atoms with Gasteiger partial charge in [0, 0.05) is 74.6 Å². The number of hydrogen-bond acceptors (Lipinski definition) is 10. The van der Waals surface area contributed by atoms with E-state index in [4.69, 9.17) is 10.3 Å². The summed E-state index contributed by atoms with van der Waals surface area (Å²) in [5, 5.41) is 14.7. The number of benzene rings is 2. The van der Waals surface area contributed by atoms with Gasteiger partial charge < -0.3 is 20.4 Å². The Bertz CT molecular complexity index is 2460. The quantitative estimate of drug-likeness (QED) is 0.133. The van der Waals surface area contributed by atoms with Gasteiger partial charge in [-0.05, 0) is 48.5 Å². The Morgan fingerprint density at radius 3 is 1.28 bits per heavy atom. The van der Waals surface area contributed by atoms with Crippen LogP contribution in [0.5, 0.6) is 0 Å². The highest BCUT2D eigenvalue weighted by atomic mass is 32.2. The number of nitrogens with zero attached hydrogens (tertiary/aromatic N) is 4. The Labute approximate surface area is 359 Å². The average Bonchev–Trinajstić information content (AvgIpc) is 3.18. The van der Waals surface area contributed by atoms with Gasteiger partial charge in [-0.3, -0.25) is 9.59 Å². The van der Waals surface area contributed by atoms with Gasteiger partial charge in [0.05, 0.1) is 32.0 Å². The van der Waals surface area contributed by atoms with Crippen molar-refractivity contribution >= 4 is 54.9 Å². The summed E-state index contributed by atoms with van der Waals surface area (Å²) in [5.41, 5.74) is -3.44. The number of halogens is 10. The number of piperidine rings is 2. The van der Waals surface area contributed by atoms with Crippen LogP contribution in [-0.2, 0) is 32.4 Å². The van der Waals surface area contributed by atoms with Gasteiger partial charge >= 0.3 is 12.4 Å². The van der Waals surface area contributed by atoms with E-state index in [1.807, 2.05) is 0 Å². The van der Waals surface area contributed by atoms with Crippen molar-refractivity contribution in [3.05, 3.63) is 95.3 Å². The molecule has 4 aromatic rings. The highest BCUT2D eigenvalue weighted by Crippen LogP contribution is 2.39. The third kappa shape index (κ3) is 11.9. The Hall–Kier alpha value is -5.60. The second-order valence-corrected chi connectivity index (χ2v) is 18.1. The van der Waals surface area contributed by atoms with E-state index < -0.39 is 103 Å². The van der Waals surface area contributed by atoms with Crippen molar-refractivity contribution in [1.29, 1.82) is 0 Å². The molecule has 0 bridgehead atoms. The topological polar surface area (TPSA) is 211 Å². The molecule has 2 saturated heterocycles. The number of rotatable bonds is 8. The molecule has 0 spiro atoms. The number of amides is 2. The number of carbonyl (C=O) groups excluding carboxylic acids is 2. The standard InChI is InChI=1S/2C19H19F5N4O3S/c2*1-11-10-28(6-5-18(11,20)21)16-15(7-12(9-26-16)19(22,23)24)17(29)27-13-3-2-4-14(8-13)32(25,30)31/h2*2-4,7-9,11H,5-6,10H2,1H3,(H,27,29)(H2,25,30,31). The number of hydrogen-bond donors (Lipinski definition) is 4. The molecule has 0 radical (unpaired) electrons. The van der Waals surface area contributed by atoms with Crippen LogP contribution in [-0.4, -0.2) is 76.6 Å². The molecule has 6 rings (SSSR count). The summed E-state index contributed by atoms with van der Waals surface area (Å²) in [7, 11) is -8.17. The first-order valence-electron chi connectivity index (χ1n) is 18.7. The van der Waals surface area contributed by atoms with E-state index >= 15 is 0 Å². The summed E-state index contributed by atoms with van der Waals surface area (Å²) in [6.07, 6.45) is -9.62. The second kappa shape index (κ2) is 18.1. The van der Waals surface area contributed by atoms with E-state index in [2.05, 4.69) is 20.6 Å². The number of anilines is 4. The highest BCUT2D eigenvalue weighted by molar-refractivity contribution is 7.89. The van der Waals surface area contributed by atoms with E-state index in [0.29, 0.717) is 24.5 Å². The van der Waals surface area contributed by atoms with Gasteiger partial charge in [0.1, 0.15) is 11.6 Å². The Morgan fingerprint density at radius 1 is 0.641 bits per heavy atom. The monoisotopic (exact) mass is 956 g/mol. The SMILES string of the molecule is CC1CN(c2ncc(C(F)(F)F)cc2C(=O)Nc2cccc(S(N)(=O)=O)c2)CCC1(F)F.CC1CN(c2ncc(C(F)(F)F)cc2C(=O)Nc2cccc(S(N)(=O)=O)c2)CCC1(F)F. The number of nitrogens with one attached hydrogen (secondary N) is 2. The molecule has 6 N–H and O–H groups in total. The molecule has 2 unspecified atom stereocenters. The fraction of sp³-hybridized carbons (Fsp3) is 0.368. The summed E-state index contributed by atoms with van der Waals surface area (Å²) >= 11 is 0.